The quantitative estimate of drug-likeness (QED) is 0.678. The van der Waals surface area contributed by atoms with Crippen molar-refractivity contribution in [3.63, 3.8) is 0 Å². The van der Waals surface area contributed by atoms with E-state index in [2.05, 4.69) is 16.0 Å². The number of rotatable bonds is 1. The fourth-order valence-corrected chi connectivity index (χ4v) is 2.79. The Morgan fingerprint density at radius 3 is 2.45 bits per heavy atom. The van der Waals surface area contributed by atoms with Crippen LogP contribution in [0.15, 0.2) is 48.5 Å². The van der Waals surface area contributed by atoms with Crippen molar-refractivity contribution in [2.24, 2.45) is 0 Å². The van der Waals surface area contributed by atoms with Crippen LogP contribution < -0.4 is 4.74 Å². The lowest BCUT2D eigenvalue weighted by atomic mass is 10.1. The zero-order valence-electron chi connectivity index (χ0n) is 10.6. The van der Waals surface area contributed by atoms with Crippen LogP contribution >= 0.6 is 11.6 Å². The van der Waals surface area contributed by atoms with Crippen molar-refractivity contribution >= 4 is 22.6 Å². The molecule has 0 N–H and O–H groups in total. The summed E-state index contributed by atoms with van der Waals surface area (Å²) in [6.07, 6.45) is 0.625. The SMILES string of the molecule is Clc1nc2ccccc2nc1C1Cc2ccccc2O1. The monoisotopic (exact) mass is 282 g/mol. The number of fused-ring (bicyclic) bond motifs is 2. The smallest absolute Gasteiger partial charge is 0.155 e. The third-order valence-electron chi connectivity index (χ3n) is 3.50. The molecule has 0 amide bonds. The minimum Gasteiger partial charge on any atom is -0.483 e. The number of hydrogen-bond donors (Lipinski definition) is 0. The minimum absolute atomic E-state index is 0.156. The van der Waals surface area contributed by atoms with Crippen molar-refractivity contribution < 1.29 is 4.74 Å². The van der Waals surface area contributed by atoms with Crippen molar-refractivity contribution in [2.45, 2.75) is 12.5 Å². The molecule has 3 nitrogen and oxygen atoms in total. The molecule has 1 unspecified atom stereocenters. The van der Waals surface area contributed by atoms with Crippen LogP contribution in [0.5, 0.6) is 5.75 Å². The number of halogens is 1. The van der Waals surface area contributed by atoms with Crippen LogP contribution in [0.25, 0.3) is 11.0 Å². The zero-order chi connectivity index (χ0) is 13.5. The molecule has 1 aromatic heterocycles. The molecular formula is C16H11ClN2O. The van der Waals surface area contributed by atoms with E-state index in [-0.39, 0.29) is 6.10 Å². The van der Waals surface area contributed by atoms with Gasteiger partial charge in [-0.3, -0.25) is 0 Å². The standard InChI is InChI=1S/C16H11ClN2O/c17-16-15(18-11-6-2-3-7-12(11)19-16)14-9-10-5-1-4-8-13(10)20-14/h1-8,14H,9H2. The summed E-state index contributed by atoms with van der Waals surface area (Å²) in [5, 5.41) is 0.418. The van der Waals surface area contributed by atoms with Gasteiger partial charge in [0.1, 0.15) is 17.5 Å². The molecule has 0 bridgehead atoms. The molecule has 0 saturated heterocycles. The Bertz CT molecular complexity index is 778. The Morgan fingerprint density at radius 1 is 0.950 bits per heavy atom. The fourth-order valence-electron chi connectivity index (χ4n) is 2.53. The summed E-state index contributed by atoms with van der Waals surface area (Å²) in [7, 11) is 0. The van der Waals surface area contributed by atoms with Gasteiger partial charge < -0.3 is 4.74 Å². The van der Waals surface area contributed by atoms with E-state index in [1.807, 2.05) is 42.5 Å². The average Bonchev–Trinajstić information content (AvgIpc) is 2.90. The van der Waals surface area contributed by atoms with E-state index in [1.165, 1.54) is 5.56 Å². The first-order valence-corrected chi connectivity index (χ1v) is 6.86. The average molecular weight is 283 g/mol. The number of para-hydroxylation sites is 3. The summed E-state index contributed by atoms with van der Waals surface area (Å²) in [6.45, 7) is 0. The van der Waals surface area contributed by atoms with Crippen molar-refractivity contribution in [1.82, 2.24) is 9.97 Å². The summed E-state index contributed by atoms with van der Waals surface area (Å²) in [4.78, 5) is 9.03. The van der Waals surface area contributed by atoms with Crippen LogP contribution in [-0.4, -0.2) is 9.97 Å². The van der Waals surface area contributed by atoms with Crippen LogP contribution in [0.1, 0.15) is 17.4 Å². The van der Waals surface area contributed by atoms with Crippen molar-refractivity contribution in [1.29, 1.82) is 0 Å². The second kappa shape index (κ2) is 4.46. The Labute approximate surface area is 121 Å². The molecule has 0 spiro atoms. The van der Waals surface area contributed by atoms with E-state index < -0.39 is 0 Å². The molecule has 4 rings (SSSR count). The van der Waals surface area contributed by atoms with Crippen LogP contribution in [0.4, 0.5) is 0 Å². The van der Waals surface area contributed by atoms with E-state index >= 15 is 0 Å². The van der Waals surface area contributed by atoms with E-state index in [4.69, 9.17) is 16.3 Å². The molecule has 1 aliphatic heterocycles. The van der Waals surface area contributed by atoms with E-state index in [1.54, 1.807) is 0 Å². The number of benzene rings is 2. The van der Waals surface area contributed by atoms with Gasteiger partial charge in [0.2, 0.25) is 0 Å². The maximum Gasteiger partial charge on any atom is 0.155 e. The molecule has 0 radical (unpaired) electrons. The van der Waals surface area contributed by atoms with E-state index in [0.29, 0.717) is 10.8 Å². The first kappa shape index (κ1) is 11.7. The molecule has 1 atom stereocenters. The summed E-state index contributed by atoms with van der Waals surface area (Å²) < 4.78 is 5.94. The molecule has 2 aromatic carbocycles. The normalized spacial score (nSPS) is 16.9. The van der Waals surface area contributed by atoms with E-state index in [0.717, 1.165) is 23.2 Å². The van der Waals surface area contributed by atoms with Gasteiger partial charge in [0.15, 0.2) is 5.15 Å². The van der Waals surface area contributed by atoms with Crippen LogP contribution in [0, 0.1) is 0 Å². The van der Waals surface area contributed by atoms with Crippen molar-refractivity contribution in [3.05, 3.63) is 64.9 Å². The lowest BCUT2D eigenvalue weighted by Gasteiger charge is -2.12. The highest BCUT2D eigenvalue weighted by molar-refractivity contribution is 6.30. The molecule has 4 heteroatoms. The van der Waals surface area contributed by atoms with Gasteiger partial charge in [-0.15, -0.1) is 0 Å². The first-order valence-electron chi connectivity index (χ1n) is 6.48. The van der Waals surface area contributed by atoms with Gasteiger partial charge in [-0.1, -0.05) is 41.9 Å². The summed E-state index contributed by atoms with van der Waals surface area (Å²) in [5.74, 6) is 0.906. The predicted octanol–water partition coefficient (Wildman–Crippen LogP) is 3.96. The molecule has 0 aliphatic carbocycles. The molecule has 1 aliphatic rings. The van der Waals surface area contributed by atoms with Gasteiger partial charge in [0.25, 0.3) is 0 Å². The van der Waals surface area contributed by atoms with Crippen molar-refractivity contribution in [2.75, 3.05) is 0 Å². The minimum atomic E-state index is -0.156. The molecule has 0 saturated carbocycles. The maximum absolute atomic E-state index is 6.27. The summed E-state index contributed by atoms with van der Waals surface area (Å²) in [5.41, 5.74) is 3.54. The Hall–Kier alpha value is -2.13. The molecule has 0 fully saturated rings. The van der Waals surface area contributed by atoms with E-state index in [9.17, 15) is 0 Å². The van der Waals surface area contributed by atoms with Gasteiger partial charge in [-0.25, -0.2) is 9.97 Å². The highest BCUT2D eigenvalue weighted by atomic mass is 35.5. The maximum atomic E-state index is 6.27. The topological polar surface area (TPSA) is 35.0 Å². The molecule has 3 aromatic rings. The van der Waals surface area contributed by atoms with Gasteiger partial charge >= 0.3 is 0 Å². The Morgan fingerprint density at radius 2 is 1.65 bits per heavy atom. The van der Waals surface area contributed by atoms with Crippen LogP contribution in [-0.2, 0) is 6.42 Å². The van der Waals surface area contributed by atoms with Crippen LogP contribution in [0.2, 0.25) is 5.15 Å². The second-order valence-corrected chi connectivity index (χ2v) is 5.16. The Balaban J connectivity index is 1.78. The molecule has 20 heavy (non-hydrogen) atoms. The number of ether oxygens (including phenoxy) is 1. The third kappa shape index (κ3) is 1.82. The second-order valence-electron chi connectivity index (χ2n) is 4.81. The van der Waals surface area contributed by atoms with Gasteiger partial charge in [-0.05, 0) is 23.8 Å². The lowest BCUT2D eigenvalue weighted by molar-refractivity contribution is 0.233. The first-order chi connectivity index (χ1) is 9.81. The highest BCUT2D eigenvalue weighted by Gasteiger charge is 2.27. The van der Waals surface area contributed by atoms with Gasteiger partial charge in [0, 0.05) is 6.42 Å². The zero-order valence-corrected chi connectivity index (χ0v) is 11.3. The van der Waals surface area contributed by atoms with Crippen molar-refractivity contribution in [3.8, 4) is 5.75 Å². The van der Waals surface area contributed by atoms with Crippen LogP contribution in [0.3, 0.4) is 0 Å². The number of nitrogens with zero attached hydrogens (tertiary/aromatic N) is 2. The van der Waals surface area contributed by atoms with Gasteiger partial charge in [-0.2, -0.15) is 0 Å². The number of hydrogen-bond acceptors (Lipinski definition) is 3. The van der Waals surface area contributed by atoms with Gasteiger partial charge in [0.05, 0.1) is 11.0 Å². The predicted molar refractivity (Wildman–Crippen MR) is 78.1 cm³/mol. The third-order valence-corrected chi connectivity index (χ3v) is 3.78. The molecular weight excluding hydrogens is 272 g/mol. The summed E-state index contributed by atoms with van der Waals surface area (Å²) >= 11 is 6.27. The Kier molecular flexibility index (Phi) is 2.60. The lowest BCUT2D eigenvalue weighted by Crippen LogP contribution is -2.08. The largest absolute Gasteiger partial charge is 0.483 e. The molecule has 2 heterocycles. The fraction of sp³-hybridized carbons (Fsp3) is 0.125. The number of aromatic nitrogens is 2. The summed E-state index contributed by atoms with van der Waals surface area (Å²) in [6, 6.07) is 15.7. The highest BCUT2D eigenvalue weighted by Crippen LogP contribution is 2.37. The molecule has 98 valence electrons.